The molecule has 0 aliphatic carbocycles. The number of halogens is 6. The molecule has 4 atom stereocenters. The van der Waals surface area contributed by atoms with E-state index in [9.17, 15) is 26.3 Å². The van der Waals surface area contributed by atoms with Gasteiger partial charge in [0, 0.05) is 25.6 Å². The molecule has 42 heavy (non-hydrogen) atoms. The maximum atomic E-state index is 13.5. The normalized spacial score (nSPS) is 27.3. The van der Waals surface area contributed by atoms with Crippen LogP contribution in [-0.2, 0) is 26.6 Å². The van der Waals surface area contributed by atoms with Gasteiger partial charge in [0.1, 0.15) is 0 Å². The molecule has 4 nitrogen and oxygen atoms in total. The molecule has 5 rings (SSSR count). The molecule has 0 radical (unpaired) electrons. The molecule has 232 valence electrons. The minimum absolute atomic E-state index is 0.0597. The van der Waals surface area contributed by atoms with Crippen molar-refractivity contribution in [3.8, 4) is 0 Å². The molecule has 3 saturated heterocycles. The van der Waals surface area contributed by atoms with Gasteiger partial charge in [-0.05, 0) is 88.1 Å². The molecular weight excluding hydrogens is 560 g/mol. The van der Waals surface area contributed by atoms with Crippen molar-refractivity contribution >= 4 is 0 Å². The molecule has 3 fully saturated rings. The number of hydrogen-bond donors (Lipinski definition) is 0. The lowest BCUT2D eigenvalue weighted by atomic mass is 9.80. The fourth-order valence-corrected chi connectivity index (χ4v) is 6.81. The van der Waals surface area contributed by atoms with E-state index in [1.807, 2.05) is 30.3 Å². The van der Waals surface area contributed by atoms with E-state index in [1.54, 1.807) is 0 Å². The second-order valence-corrected chi connectivity index (χ2v) is 12.7. The van der Waals surface area contributed by atoms with Crippen LogP contribution in [0.2, 0.25) is 0 Å². The number of hydrogen-bond acceptors (Lipinski definition) is 4. The lowest BCUT2D eigenvalue weighted by molar-refractivity contribution is -0.211. The monoisotopic (exact) mass is 599 g/mol. The number of likely N-dealkylation sites (tertiary alicyclic amines) is 1. The van der Waals surface area contributed by atoms with Gasteiger partial charge >= 0.3 is 12.4 Å². The lowest BCUT2D eigenvalue weighted by Crippen LogP contribution is -2.48. The van der Waals surface area contributed by atoms with Crippen molar-refractivity contribution in [3.63, 3.8) is 0 Å². The van der Waals surface area contributed by atoms with Crippen LogP contribution in [0.25, 0.3) is 0 Å². The molecule has 0 N–H and O–H groups in total. The van der Waals surface area contributed by atoms with Crippen LogP contribution in [0.15, 0.2) is 48.5 Å². The van der Waals surface area contributed by atoms with Crippen LogP contribution in [0.3, 0.4) is 0 Å². The van der Waals surface area contributed by atoms with Crippen molar-refractivity contribution < 1.29 is 40.6 Å². The van der Waals surface area contributed by atoms with Gasteiger partial charge in [-0.15, -0.1) is 0 Å². The maximum Gasteiger partial charge on any atom is 0.416 e. The average molecular weight is 600 g/mol. The molecule has 0 saturated carbocycles. The smallest absolute Gasteiger partial charge is 0.369 e. The number of piperidine rings is 1. The Labute approximate surface area is 243 Å². The summed E-state index contributed by atoms with van der Waals surface area (Å²) in [5.41, 5.74) is -2.10. The van der Waals surface area contributed by atoms with E-state index in [0.29, 0.717) is 6.61 Å². The van der Waals surface area contributed by atoms with Crippen LogP contribution in [0, 0.1) is 5.92 Å². The predicted molar refractivity (Wildman–Crippen MR) is 146 cm³/mol. The standard InChI is InChI=1S/C32H39F6NO3/c1-21(24-17-25(31(33,34)35)19-26(18-24)32(36,37)38)41-28-27(22-7-5-4-6-8-22)23(9-16-40-28)20-39-14-12-30(13-15-39)11-10-29(2,3)42-30/h4-8,17-19,21,23,27-28H,9-16,20H2,1-3H3/t21-,23+,27+,28-/m1/s1. The van der Waals surface area contributed by atoms with Crippen molar-refractivity contribution in [2.24, 2.45) is 5.92 Å². The van der Waals surface area contributed by atoms with Crippen LogP contribution >= 0.6 is 0 Å². The third-order valence-corrected chi connectivity index (χ3v) is 9.11. The fraction of sp³-hybridized carbons (Fsp3) is 0.625. The summed E-state index contributed by atoms with van der Waals surface area (Å²) in [6.45, 7) is 8.74. The minimum Gasteiger partial charge on any atom is -0.369 e. The summed E-state index contributed by atoms with van der Waals surface area (Å²) in [5.74, 6) is -0.117. The Hall–Kier alpha value is -2.14. The molecule has 2 aromatic carbocycles. The third kappa shape index (κ3) is 7.14. The highest BCUT2D eigenvalue weighted by Crippen LogP contribution is 2.45. The summed E-state index contributed by atoms with van der Waals surface area (Å²) in [4.78, 5) is 2.44. The Morgan fingerprint density at radius 1 is 0.905 bits per heavy atom. The third-order valence-electron chi connectivity index (χ3n) is 9.11. The summed E-state index contributed by atoms with van der Waals surface area (Å²) < 4.78 is 99.7. The van der Waals surface area contributed by atoms with Crippen molar-refractivity contribution in [2.75, 3.05) is 26.2 Å². The zero-order valence-corrected chi connectivity index (χ0v) is 24.2. The summed E-state index contributed by atoms with van der Waals surface area (Å²) in [7, 11) is 0. The van der Waals surface area contributed by atoms with Crippen LogP contribution in [0.4, 0.5) is 26.3 Å². The Balaban J connectivity index is 1.34. The Bertz CT molecular complexity index is 1170. The van der Waals surface area contributed by atoms with E-state index in [4.69, 9.17) is 14.2 Å². The highest BCUT2D eigenvalue weighted by Gasteiger charge is 2.47. The van der Waals surface area contributed by atoms with E-state index in [-0.39, 0.29) is 34.7 Å². The molecular formula is C32H39F6NO3. The topological polar surface area (TPSA) is 30.9 Å². The van der Waals surface area contributed by atoms with Crippen molar-refractivity contribution in [1.82, 2.24) is 4.90 Å². The van der Waals surface area contributed by atoms with E-state index >= 15 is 0 Å². The highest BCUT2D eigenvalue weighted by atomic mass is 19.4. The highest BCUT2D eigenvalue weighted by molar-refractivity contribution is 5.35. The van der Waals surface area contributed by atoms with E-state index in [1.165, 1.54) is 6.92 Å². The van der Waals surface area contributed by atoms with E-state index < -0.39 is 35.9 Å². The van der Waals surface area contributed by atoms with Gasteiger partial charge in [-0.2, -0.15) is 26.3 Å². The molecule has 0 bridgehead atoms. The first kappa shape index (κ1) is 31.3. The minimum atomic E-state index is -4.93. The van der Waals surface area contributed by atoms with Gasteiger partial charge in [-0.3, -0.25) is 0 Å². The Morgan fingerprint density at radius 2 is 1.52 bits per heavy atom. The summed E-state index contributed by atoms with van der Waals surface area (Å²) in [5, 5.41) is 0. The molecule has 3 heterocycles. The zero-order valence-electron chi connectivity index (χ0n) is 24.2. The van der Waals surface area contributed by atoms with Gasteiger partial charge in [0.15, 0.2) is 6.29 Å². The van der Waals surface area contributed by atoms with Gasteiger partial charge in [0.25, 0.3) is 0 Å². The summed E-state index contributed by atoms with van der Waals surface area (Å²) in [6.07, 6.45) is -6.95. The van der Waals surface area contributed by atoms with Gasteiger partial charge < -0.3 is 19.1 Å². The van der Waals surface area contributed by atoms with Crippen molar-refractivity contribution in [3.05, 3.63) is 70.8 Å². The molecule has 10 heteroatoms. The summed E-state index contributed by atoms with van der Waals surface area (Å²) >= 11 is 0. The molecule has 1 spiro atoms. The molecule has 3 aliphatic heterocycles. The number of alkyl halides is 6. The van der Waals surface area contributed by atoms with Crippen LogP contribution < -0.4 is 0 Å². The van der Waals surface area contributed by atoms with Crippen molar-refractivity contribution in [1.29, 1.82) is 0 Å². The fourth-order valence-electron chi connectivity index (χ4n) is 6.81. The maximum absolute atomic E-state index is 13.5. The summed E-state index contributed by atoms with van der Waals surface area (Å²) in [6, 6.07) is 11.3. The Morgan fingerprint density at radius 3 is 2.07 bits per heavy atom. The van der Waals surface area contributed by atoms with Gasteiger partial charge in [0.2, 0.25) is 0 Å². The number of benzene rings is 2. The quantitative estimate of drug-likeness (QED) is 0.312. The SMILES string of the molecule is C[C@@H](O[C@H]1OCC[C@@H](CN2CCC3(CC2)CCC(C)(C)O3)[C@@H]1c1ccccc1)c1cc(C(F)(F)F)cc(C(F)(F)F)c1. The molecule has 2 aromatic rings. The Kier molecular flexibility index (Phi) is 8.75. The van der Waals surface area contributed by atoms with Crippen molar-refractivity contribution in [2.45, 2.75) is 94.7 Å². The predicted octanol–water partition coefficient (Wildman–Crippen LogP) is 8.37. The van der Waals surface area contributed by atoms with E-state index in [2.05, 4.69) is 18.7 Å². The first-order valence-electron chi connectivity index (χ1n) is 14.7. The first-order valence-corrected chi connectivity index (χ1v) is 14.7. The number of rotatable bonds is 6. The lowest BCUT2D eigenvalue weighted by Gasteiger charge is -2.44. The molecule has 0 unspecified atom stereocenters. The second kappa shape index (κ2) is 11.7. The van der Waals surface area contributed by atoms with Gasteiger partial charge in [-0.25, -0.2) is 0 Å². The molecule has 0 aromatic heterocycles. The van der Waals surface area contributed by atoms with Crippen LogP contribution in [-0.4, -0.2) is 48.6 Å². The number of nitrogens with zero attached hydrogens (tertiary/aromatic N) is 1. The van der Waals surface area contributed by atoms with Crippen LogP contribution in [0.5, 0.6) is 0 Å². The van der Waals surface area contributed by atoms with E-state index in [0.717, 1.165) is 69.4 Å². The molecule has 0 amide bonds. The average Bonchev–Trinajstić information content (AvgIpc) is 3.23. The largest absolute Gasteiger partial charge is 0.416 e. The van der Waals surface area contributed by atoms with Crippen LogP contribution in [0.1, 0.15) is 87.2 Å². The van der Waals surface area contributed by atoms with Gasteiger partial charge in [0.05, 0.1) is 35.0 Å². The molecule has 3 aliphatic rings. The number of ether oxygens (including phenoxy) is 3. The first-order chi connectivity index (χ1) is 19.6. The van der Waals surface area contributed by atoms with Gasteiger partial charge in [-0.1, -0.05) is 30.3 Å². The second-order valence-electron chi connectivity index (χ2n) is 12.7. The zero-order chi connectivity index (χ0) is 30.3.